The summed E-state index contributed by atoms with van der Waals surface area (Å²) in [6.07, 6.45) is 0.743. The number of nitrogens with zero attached hydrogens (tertiary/aromatic N) is 4. The average molecular weight is 270 g/mol. The van der Waals surface area contributed by atoms with Crippen LogP contribution in [0.3, 0.4) is 0 Å². The predicted octanol–water partition coefficient (Wildman–Crippen LogP) is 2.22. The molecule has 0 aliphatic heterocycles. The van der Waals surface area contributed by atoms with E-state index >= 15 is 0 Å². The van der Waals surface area contributed by atoms with Gasteiger partial charge in [0.25, 0.3) is 0 Å². The van der Waals surface area contributed by atoms with Crippen LogP contribution in [-0.2, 0) is 0 Å². The van der Waals surface area contributed by atoms with E-state index in [4.69, 9.17) is 4.74 Å². The summed E-state index contributed by atoms with van der Waals surface area (Å²) in [4.78, 5) is 11.0. The van der Waals surface area contributed by atoms with Crippen molar-refractivity contribution in [3.63, 3.8) is 0 Å². The lowest BCUT2D eigenvalue weighted by molar-refractivity contribution is 0.112. The van der Waals surface area contributed by atoms with Crippen molar-refractivity contribution in [3.8, 4) is 5.75 Å². The van der Waals surface area contributed by atoms with E-state index < -0.39 is 0 Å². The zero-order valence-corrected chi connectivity index (χ0v) is 11.5. The van der Waals surface area contributed by atoms with Gasteiger partial charge in [-0.25, -0.2) is 4.52 Å². The predicted molar refractivity (Wildman–Crippen MR) is 74.3 cm³/mol. The molecular weight excluding hydrogens is 256 g/mol. The molecule has 0 amide bonds. The molecule has 102 valence electrons. The minimum Gasteiger partial charge on any atom is -0.494 e. The van der Waals surface area contributed by atoms with E-state index in [-0.39, 0.29) is 0 Å². The van der Waals surface area contributed by atoms with Crippen LogP contribution >= 0.6 is 0 Å². The van der Waals surface area contributed by atoms with E-state index in [1.54, 1.807) is 16.6 Å². The Bertz CT molecular complexity index is 808. The summed E-state index contributed by atoms with van der Waals surface area (Å²) in [5, 5.41) is 12.9. The Labute approximate surface area is 115 Å². The van der Waals surface area contributed by atoms with Gasteiger partial charge >= 0.3 is 0 Å². The van der Waals surface area contributed by atoms with Gasteiger partial charge in [0.05, 0.1) is 23.9 Å². The van der Waals surface area contributed by atoms with E-state index in [0.717, 1.165) is 17.5 Å². The largest absolute Gasteiger partial charge is 0.494 e. The first-order valence-electron chi connectivity index (χ1n) is 6.34. The number of rotatable bonds is 3. The van der Waals surface area contributed by atoms with Crippen molar-refractivity contribution in [3.05, 3.63) is 29.5 Å². The van der Waals surface area contributed by atoms with Crippen molar-refractivity contribution in [2.24, 2.45) is 0 Å². The number of hydrogen-bond acceptors (Lipinski definition) is 5. The van der Waals surface area contributed by atoms with E-state index in [0.29, 0.717) is 28.4 Å². The van der Waals surface area contributed by atoms with E-state index in [2.05, 4.69) is 29.1 Å². The molecule has 0 atom stereocenters. The van der Waals surface area contributed by atoms with Gasteiger partial charge in [0.15, 0.2) is 23.2 Å². The third-order valence-corrected chi connectivity index (χ3v) is 3.25. The molecule has 2 aromatic heterocycles. The molecule has 1 aromatic carbocycles. The Morgan fingerprint density at radius 1 is 1.30 bits per heavy atom. The molecular formula is C14H14N4O2. The molecule has 0 saturated carbocycles. The molecule has 0 aliphatic rings. The number of methoxy groups -OCH3 is 1. The summed E-state index contributed by atoms with van der Waals surface area (Å²) in [5.74, 6) is 0.733. The Morgan fingerprint density at radius 2 is 2.10 bits per heavy atom. The van der Waals surface area contributed by atoms with Crippen molar-refractivity contribution in [1.82, 2.24) is 19.8 Å². The number of benzene rings is 1. The number of ether oxygens (including phenoxy) is 1. The third kappa shape index (κ3) is 1.72. The lowest BCUT2D eigenvalue weighted by Gasteiger charge is -2.07. The highest BCUT2D eigenvalue weighted by Gasteiger charge is 2.15. The van der Waals surface area contributed by atoms with Gasteiger partial charge in [-0.2, -0.15) is 5.10 Å². The second-order valence-electron chi connectivity index (χ2n) is 4.87. The fourth-order valence-corrected chi connectivity index (χ4v) is 2.17. The van der Waals surface area contributed by atoms with Gasteiger partial charge in [-0.3, -0.25) is 4.79 Å². The Kier molecular flexibility index (Phi) is 2.85. The third-order valence-electron chi connectivity index (χ3n) is 3.25. The van der Waals surface area contributed by atoms with Crippen LogP contribution in [0, 0.1) is 0 Å². The van der Waals surface area contributed by atoms with Crippen LogP contribution < -0.4 is 4.74 Å². The smallest absolute Gasteiger partial charge is 0.178 e. The Balaban J connectivity index is 2.39. The van der Waals surface area contributed by atoms with Crippen LogP contribution in [0.25, 0.3) is 16.7 Å². The molecule has 3 aromatic rings. The summed E-state index contributed by atoms with van der Waals surface area (Å²) in [6.45, 7) is 4.14. The number of hydrogen-bond donors (Lipinski definition) is 0. The van der Waals surface area contributed by atoms with Gasteiger partial charge in [0.2, 0.25) is 0 Å². The summed E-state index contributed by atoms with van der Waals surface area (Å²) in [5.41, 5.74) is 3.38. The van der Waals surface area contributed by atoms with E-state index in [1.807, 2.05) is 6.07 Å². The molecule has 6 nitrogen and oxygen atoms in total. The fourth-order valence-electron chi connectivity index (χ4n) is 2.17. The normalized spacial score (nSPS) is 11.4. The first kappa shape index (κ1) is 12.5. The second kappa shape index (κ2) is 4.56. The van der Waals surface area contributed by atoms with Crippen LogP contribution in [0.2, 0.25) is 0 Å². The summed E-state index contributed by atoms with van der Waals surface area (Å²) >= 11 is 0. The lowest BCUT2D eigenvalue weighted by atomic mass is 10.1. The average Bonchev–Trinajstić information content (AvgIpc) is 2.90. The maximum absolute atomic E-state index is 11.0. The van der Waals surface area contributed by atoms with Crippen LogP contribution in [-0.4, -0.2) is 33.2 Å². The van der Waals surface area contributed by atoms with Crippen molar-refractivity contribution in [1.29, 1.82) is 0 Å². The molecule has 0 fully saturated rings. The number of fused-ring (bicyclic) bond motifs is 3. The first-order valence-corrected chi connectivity index (χ1v) is 6.34. The maximum atomic E-state index is 11.0. The molecule has 0 radical (unpaired) electrons. The van der Waals surface area contributed by atoms with Crippen LogP contribution in [0.15, 0.2) is 18.2 Å². The zero-order valence-electron chi connectivity index (χ0n) is 11.5. The molecule has 0 saturated heterocycles. The molecule has 0 aliphatic carbocycles. The van der Waals surface area contributed by atoms with Crippen LogP contribution in [0.4, 0.5) is 0 Å². The van der Waals surface area contributed by atoms with E-state index in [9.17, 15) is 4.79 Å². The van der Waals surface area contributed by atoms with Gasteiger partial charge in [-0.1, -0.05) is 13.8 Å². The molecule has 0 unspecified atom stereocenters. The Morgan fingerprint density at radius 3 is 2.75 bits per heavy atom. The Hall–Kier alpha value is -2.50. The lowest BCUT2D eigenvalue weighted by Crippen LogP contribution is -2.01. The molecule has 6 heteroatoms. The summed E-state index contributed by atoms with van der Waals surface area (Å²) in [7, 11) is 1.51. The molecule has 3 rings (SSSR count). The summed E-state index contributed by atoms with van der Waals surface area (Å²) < 4.78 is 7.01. The van der Waals surface area contributed by atoms with Gasteiger partial charge in [0, 0.05) is 6.07 Å². The van der Waals surface area contributed by atoms with Gasteiger partial charge in [0.1, 0.15) is 0 Å². The molecule has 0 N–H and O–H groups in total. The van der Waals surface area contributed by atoms with Crippen LogP contribution in [0.1, 0.15) is 35.8 Å². The second-order valence-corrected chi connectivity index (χ2v) is 4.87. The van der Waals surface area contributed by atoms with Crippen molar-refractivity contribution in [2.45, 2.75) is 19.8 Å². The quantitative estimate of drug-likeness (QED) is 0.682. The number of carbonyl (C=O) groups excluding carboxylic acids is 1. The molecule has 20 heavy (non-hydrogen) atoms. The minimum absolute atomic E-state index is 0.308. The number of aldehydes is 1. The highest BCUT2D eigenvalue weighted by Crippen LogP contribution is 2.27. The molecule has 0 spiro atoms. The highest BCUT2D eigenvalue weighted by molar-refractivity contribution is 5.92. The van der Waals surface area contributed by atoms with Crippen molar-refractivity contribution >= 4 is 23.0 Å². The number of carbonyl (C=O) groups is 1. The standard InChI is InChI=1S/C14H14N4O2/c1-8(2)10-6-12-15-16-13-11(18(12)17-10)5-4-9(7-19)14(13)20-3/h4-8H,1-3H3. The van der Waals surface area contributed by atoms with Crippen molar-refractivity contribution in [2.75, 3.05) is 7.11 Å². The molecule has 0 bridgehead atoms. The number of aromatic nitrogens is 4. The monoisotopic (exact) mass is 270 g/mol. The molecule has 2 heterocycles. The van der Waals surface area contributed by atoms with Crippen molar-refractivity contribution < 1.29 is 9.53 Å². The minimum atomic E-state index is 0.308. The zero-order chi connectivity index (χ0) is 14.3. The highest BCUT2D eigenvalue weighted by atomic mass is 16.5. The summed E-state index contributed by atoms with van der Waals surface area (Å²) in [6, 6.07) is 5.42. The van der Waals surface area contributed by atoms with Gasteiger partial charge < -0.3 is 4.74 Å². The fraction of sp³-hybridized carbons (Fsp3) is 0.286. The van der Waals surface area contributed by atoms with Gasteiger partial charge in [-0.05, 0) is 18.1 Å². The van der Waals surface area contributed by atoms with Crippen LogP contribution in [0.5, 0.6) is 5.75 Å². The topological polar surface area (TPSA) is 69.4 Å². The first-order chi connectivity index (χ1) is 9.65. The SMILES string of the molecule is COc1c(C=O)ccc2c1nnc1cc(C(C)C)nn12. The maximum Gasteiger partial charge on any atom is 0.178 e. The van der Waals surface area contributed by atoms with Gasteiger partial charge in [-0.15, -0.1) is 10.2 Å². The van der Waals surface area contributed by atoms with E-state index in [1.165, 1.54) is 7.11 Å².